The molecule has 4 heterocycles. The number of pyridine rings is 1. The summed E-state index contributed by atoms with van der Waals surface area (Å²) >= 11 is 0. The van der Waals surface area contributed by atoms with Crippen LogP contribution in [0, 0.1) is 12.7 Å². The van der Waals surface area contributed by atoms with Gasteiger partial charge in [-0.3, -0.25) is 9.40 Å². The molecule has 0 spiro atoms. The maximum absolute atomic E-state index is 14.9. The van der Waals surface area contributed by atoms with Crippen LogP contribution in [0.5, 0.6) is 0 Å². The van der Waals surface area contributed by atoms with Crippen LogP contribution in [0.15, 0.2) is 41.8 Å². The standard InChI is InChI=1S/C21H21FN6O2S/c1-12-10-23-21-19(20(12)28(3)31(29,30)18-4-6-25-26-18)15(11-24-21)13-8-16(22)14-5-7-27(2)17(14)9-13/h4,6,8-11H,5,7H2,1-3H3,(H,23,24)(H,25,26). The number of likely N-dealkylation sites (N-methyl/N-ethyl adjacent to an activating group) is 1. The molecule has 1 aliphatic heterocycles. The number of halogens is 1. The van der Waals surface area contributed by atoms with Crippen molar-refractivity contribution in [2.24, 2.45) is 0 Å². The van der Waals surface area contributed by atoms with Crippen LogP contribution in [0.4, 0.5) is 15.8 Å². The Morgan fingerprint density at radius 1 is 1.29 bits per heavy atom. The predicted molar refractivity (Wildman–Crippen MR) is 117 cm³/mol. The van der Waals surface area contributed by atoms with Gasteiger partial charge in [0.1, 0.15) is 11.5 Å². The Bertz CT molecular complexity index is 1410. The smallest absolute Gasteiger partial charge is 0.281 e. The Kier molecular flexibility index (Phi) is 4.30. The zero-order chi connectivity index (χ0) is 21.9. The molecule has 0 unspecified atom stereocenters. The molecule has 0 amide bonds. The van der Waals surface area contributed by atoms with Gasteiger partial charge < -0.3 is 9.88 Å². The quantitative estimate of drug-likeness (QED) is 0.508. The third-order valence-corrected chi connectivity index (χ3v) is 7.56. The molecule has 10 heteroatoms. The van der Waals surface area contributed by atoms with Gasteiger partial charge in [-0.05, 0) is 42.7 Å². The summed E-state index contributed by atoms with van der Waals surface area (Å²) in [6, 6.07) is 4.86. The summed E-state index contributed by atoms with van der Waals surface area (Å²) in [6.07, 6.45) is 5.42. The Hall–Kier alpha value is -3.40. The second-order valence-electron chi connectivity index (χ2n) is 7.74. The molecule has 0 atom stereocenters. The van der Waals surface area contributed by atoms with Crippen molar-refractivity contribution in [3.05, 3.63) is 53.7 Å². The average Bonchev–Trinajstić information content (AvgIpc) is 3.48. The second kappa shape index (κ2) is 6.81. The number of aromatic nitrogens is 4. The molecule has 3 aromatic heterocycles. The summed E-state index contributed by atoms with van der Waals surface area (Å²) in [7, 11) is -0.446. The first-order valence-electron chi connectivity index (χ1n) is 9.78. The number of benzene rings is 1. The van der Waals surface area contributed by atoms with E-state index in [0.29, 0.717) is 45.4 Å². The van der Waals surface area contributed by atoms with Crippen LogP contribution in [0.25, 0.3) is 22.2 Å². The van der Waals surface area contributed by atoms with Gasteiger partial charge in [0.2, 0.25) is 0 Å². The van der Waals surface area contributed by atoms with Crippen LogP contribution in [0.2, 0.25) is 0 Å². The number of hydrogen-bond donors (Lipinski definition) is 2. The van der Waals surface area contributed by atoms with E-state index in [2.05, 4.69) is 20.2 Å². The molecule has 2 N–H and O–H groups in total. The SMILES string of the molecule is Cc1cnc2[nH]cc(-c3cc(F)c4c(c3)N(C)CC4)c2c1N(C)S(=O)(=O)c1ccn[nH]1. The van der Waals surface area contributed by atoms with Gasteiger partial charge in [0.25, 0.3) is 10.0 Å². The number of aryl methyl sites for hydroxylation is 1. The van der Waals surface area contributed by atoms with Crippen LogP contribution < -0.4 is 9.21 Å². The minimum atomic E-state index is -3.87. The highest BCUT2D eigenvalue weighted by Gasteiger charge is 2.28. The zero-order valence-electron chi connectivity index (χ0n) is 17.3. The Labute approximate surface area is 178 Å². The summed E-state index contributed by atoms with van der Waals surface area (Å²) in [5.74, 6) is -0.258. The second-order valence-corrected chi connectivity index (χ2v) is 9.67. The topological polar surface area (TPSA) is 98.0 Å². The lowest BCUT2D eigenvalue weighted by atomic mass is 10.00. The number of H-pyrrole nitrogens is 2. The van der Waals surface area contributed by atoms with Crippen LogP contribution >= 0.6 is 0 Å². The number of hydrogen-bond acceptors (Lipinski definition) is 5. The normalized spacial score (nSPS) is 13.7. The molecule has 4 aromatic rings. The number of nitrogens with one attached hydrogen (secondary N) is 2. The van der Waals surface area contributed by atoms with Crippen molar-refractivity contribution in [1.29, 1.82) is 0 Å². The van der Waals surface area contributed by atoms with Crippen molar-refractivity contribution in [3.63, 3.8) is 0 Å². The van der Waals surface area contributed by atoms with Crippen molar-refractivity contribution in [2.75, 3.05) is 29.8 Å². The van der Waals surface area contributed by atoms with E-state index in [1.165, 1.54) is 29.7 Å². The van der Waals surface area contributed by atoms with Crippen molar-refractivity contribution in [2.45, 2.75) is 18.4 Å². The summed E-state index contributed by atoms with van der Waals surface area (Å²) in [5.41, 5.74) is 4.59. The Morgan fingerprint density at radius 3 is 2.84 bits per heavy atom. The van der Waals surface area contributed by atoms with Crippen molar-refractivity contribution < 1.29 is 12.8 Å². The number of aromatic amines is 2. The third-order valence-electron chi connectivity index (χ3n) is 5.88. The first-order valence-corrected chi connectivity index (χ1v) is 11.2. The van der Waals surface area contributed by atoms with E-state index in [0.717, 1.165) is 12.2 Å². The van der Waals surface area contributed by atoms with Gasteiger partial charge in [-0.15, -0.1) is 0 Å². The number of fused-ring (bicyclic) bond motifs is 2. The number of anilines is 2. The molecule has 0 saturated carbocycles. The molecular weight excluding hydrogens is 419 g/mol. The van der Waals surface area contributed by atoms with Crippen molar-refractivity contribution >= 4 is 32.4 Å². The lowest BCUT2D eigenvalue weighted by Crippen LogP contribution is -2.28. The van der Waals surface area contributed by atoms with Crippen molar-refractivity contribution in [1.82, 2.24) is 20.2 Å². The largest absolute Gasteiger partial charge is 0.374 e. The number of sulfonamides is 1. The van der Waals surface area contributed by atoms with Crippen LogP contribution in [0.3, 0.4) is 0 Å². The van der Waals surface area contributed by atoms with Gasteiger partial charge in [0.05, 0.1) is 17.3 Å². The molecule has 1 aromatic carbocycles. The molecule has 0 fully saturated rings. The van der Waals surface area contributed by atoms with Gasteiger partial charge in [-0.2, -0.15) is 13.5 Å². The molecule has 31 heavy (non-hydrogen) atoms. The Balaban J connectivity index is 1.74. The van der Waals surface area contributed by atoms with Crippen molar-refractivity contribution in [3.8, 4) is 11.1 Å². The maximum Gasteiger partial charge on any atom is 0.281 e. The summed E-state index contributed by atoms with van der Waals surface area (Å²) in [5, 5.41) is 6.88. The fraction of sp³-hybridized carbons (Fsp3) is 0.238. The fourth-order valence-electron chi connectivity index (χ4n) is 4.23. The van der Waals surface area contributed by atoms with Crippen LogP contribution in [0.1, 0.15) is 11.1 Å². The minimum absolute atomic E-state index is 0.0124. The molecule has 5 rings (SSSR count). The van der Waals surface area contributed by atoms with Crippen LogP contribution in [-0.4, -0.2) is 49.2 Å². The number of rotatable bonds is 4. The summed E-state index contributed by atoms with van der Waals surface area (Å²) in [6.45, 7) is 2.56. The van der Waals surface area contributed by atoms with E-state index in [9.17, 15) is 12.8 Å². The summed E-state index contributed by atoms with van der Waals surface area (Å²) < 4.78 is 42.4. The molecular formula is C21H21FN6O2S. The van der Waals surface area contributed by atoms with E-state index < -0.39 is 10.0 Å². The lowest BCUT2D eigenvalue weighted by Gasteiger charge is -2.22. The first-order chi connectivity index (χ1) is 14.8. The minimum Gasteiger partial charge on any atom is -0.374 e. The zero-order valence-corrected chi connectivity index (χ0v) is 18.1. The molecule has 1 aliphatic rings. The highest BCUT2D eigenvalue weighted by Crippen LogP contribution is 2.41. The van der Waals surface area contributed by atoms with E-state index in [1.54, 1.807) is 19.3 Å². The van der Waals surface area contributed by atoms with Gasteiger partial charge in [0, 0.05) is 49.8 Å². The van der Waals surface area contributed by atoms with Crippen LogP contribution in [-0.2, 0) is 16.4 Å². The molecule has 0 radical (unpaired) electrons. The molecule has 0 saturated heterocycles. The molecule has 0 bridgehead atoms. The van der Waals surface area contributed by atoms with Gasteiger partial charge in [-0.1, -0.05) is 0 Å². The fourth-order valence-corrected chi connectivity index (χ4v) is 5.40. The highest BCUT2D eigenvalue weighted by atomic mass is 32.2. The third kappa shape index (κ3) is 2.89. The summed E-state index contributed by atoms with van der Waals surface area (Å²) in [4.78, 5) is 9.55. The predicted octanol–water partition coefficient (Wildman–Crippen LogP) is 3.22. The Morgan fingerprint density at radius 2 is 2.10 bits per heavy atom. The van der Waals surface area contributed by atoms with Gasteiger partial charge in [0.15, 0.2) is 5.03 Å². The van der Waals surface area contributed by atoms with Gasteiger partial charge >= 0.3 is 0 Å². The molecule has 8 nitrogen and oxygen atoms in total. The van der Waals surface area contributed by atoms with Gasteiger partial charge in [-0.25, -0.2) is 9.37 Å². The average molecular weight is 441 g/mol. The van der Waals surface area contributed by atoms with E-state index in [1.807, 2.05) is 18.0 Å². The lowest BCUT2D eigenvalue weighted by molar-refractivity contribution is 0.590. The molecule has 160 valence electrons. The molecule has 0 aliphatic carbocycles. The number of nitrogens with zero attached hydrogens (tertiary/aromatic N) is 4. The maximum atomic E-state index is 14.9. The van der Waals surface area contributed by atoms with E-state index in [-0.39, 0.29) is 10.8 Å². The monoisotopic (exact) mass is 440 g/mol. The first kappa shape index (κ1) is 19.6. The highest BCUT2D eigenvalue weighted by molar-refractivity contribution is 7.92. The van der Waals surface area contributed by atoms with E-state index >= 15 is 0 Å². The van der Waals surface area contributed by atoms with E-state index in [4.69, 9.17) is 0 Å².